The van der Waals surface area contributed by atoms with Crippen molar-refractivity contribution in [3.05, 3.63) is 70.2 Å². The van der Waals surface area contributed by atoms with Crippen LogP contribution in [0.2, 0.25) is 5.02 Å². The number of hydrogen-bond acceptors (Lipinski definition) is 4. The summed E-state index contributed by atoms with van der Waals surface area (Å²) in [4.78, 5) is 29.4. The maximum atomic E-state index is 12.6. The molecule has 2 fully saturated rings. The number of rotatable bonds is 8. The van der Waals surface area contributed by atoms with Gasteiger partial charge < -0.3 is 15.1 Å². The van der Waals surface area contributed by atoms with E-state index < -0.39 is 0 Å². The molecule has 0 aromatic heterocycles. The molecule has 0 spiro atoms. The molecule has 7 heteroatoms. The topological polar surface area (TPSA) is 52.7 Å². The van der Waals surface area contributed by atoms with Crippen LogP contribution in [0, 0.1) is 5.92 Å². The first-order chi connectivity index (χ1) is 16.0. The number of carbonyl (C=O) groups excluding carboxylic acids is 2. The summed E-state index contributed by atoms with van der Waals surface area (Å²) in [7, 11) is 0. The Bertz CT molecular complexity index is 943. The molecule has 0 bridgehead atoms. The minimum atomic E-state index is -0.0439. The molecular weight excluding hydrogens is 454 g/mol. The average Bonchev–Trinajstić information content (AvgIpc) is 3.19. The highest BCUT2D eigenvalue weighted by Gasteiger charge is 2.32. The maximum absolute atomic E-state index is 12.6. The predicted molar refractivity (Wildman–Crippen MR) is 135 cm³/mol. The molecule has 0 unspecified atom stereocenters. The fraction of sp³-hybridized carbons (Fsp3) is 0.462. The van der Waals surface area contributed by atoms with Crippen molar-refractivity contribution in [1.82, 2.24) is 15.1 Å². The van der Waals surface area contributed by atoms with E-state index >= 15 is 0 Å². The summed E-state index contributed by atoms with van der Waals surface area (Å²) >= 11 is 7.61. The van der Waals surface area contributed by atoms with E-state index in [1.54, 1.807) is 11.8 Å². The molecule has 5 nitrogen and oxygen atoms in total. The van der Waals surface area contributed by atoms with Crippen molar-refractivity contribution in [3.63, 3.8) is 0 Å². The van der Waals surface area contributed by atoms with Crippen LogP contribution in [-0.4, -0.2) is 53.5 Å². The van der Waals surface area contributed by atoms with Crippen LogP contribution in [0.5, 0.6) is 0 Å². The lowest BCUT2D eigenvalue weighted by Gasteiger charge is -2.30. The van der Waals surface area contributed by atoms with Gasteiger partial charge in [-0.25, -0.2) is 0 Å². The number of hydrogen-bond donors (Lipinski definition) is 1. The van der Waals surface area contributed by atoms with Crippen molar-refractivity contribution < 1.29 is 9.59 Å². The molecule has 2 heterocycles. The van der Waals surface area contributed by atoms with E-state index in [4.69, 9.17) is 11.6 Å². The Morgan fingerprint density at radius 1 is 1.09 bits per heavy atom. The van der Waals surface area contributed by atoms with Crippen LogP contribution in [0.4, 0.5) is 0 Å². The van der Waals surface area contributed by atoms with Gasteiger partial charge in [0.1, 0.15) is 5.37 Å². The lowest BCUT2D eigenvalue weighted by Crippen LogP contribution is -2.35. The Hall–Kier alpha value is -2.02. The molecule has 2 saturated heterocycles. The van der Waals surface area contributed by atoms with Gasteiger partial charge in [-0.1, -0.05) is 42.8 Å². The van der Waals surface area contributed by atoms with Crippen molar-refractivity contribution in [1.29, 1.82) is 0 Å². The molecule has 4 rings (SSSR count). The molecule has 176 valence electrons. The maximum Gasteiger partial charge on any atom is 0.251 e. The van der Waals surface area contributed by atoms with Crippen molar-refractivity contribution in [2.45, 2.75) is 38.1 Å². The second kappa shape index (κ2) is 11.4. The van der Waals surface area contributed by atoms with Crippen molar-refractivity contribution in [2.24, 2.45) is 5.92 Å². The highest BCUT2D eigenvalue weighted by molar-refractivity contribution is 8.00. The summed E-state index contributed by atoms with van der Waals surface area (Å²) in [6.07, 6.45) is 3.53. The van der Waals surface area contributed by atoms with E-state index in [-0.39, 0.29) is 17.2 Å². The van der Waals surface area contributed by atoms with Crippen molar-refractivity contribution >= 4 is 35.2 Å². The zero-order valence-corrected chi connectivity index (χ0v) is 20.7. The number of likely N-dealkylation sites (tertiary alicyclic amines) is 1. The van der Waals surface area contributed by atoms with Gasteiger partial charge in [-0.05, 0) is 80.2 Å². The van der Waals surface area contributed by atoms with Gasteiger partial charge in [0, 0.05) is 23.7 Å². The SMILES string of the molecule is CC1CCN(CCCNC(=O)c2ccc([C@H]3SCC(=O)N3Cc3ccc(Cl)cc3)cc2)CC1. The highest BCUT2D eigenvalue weighted by atomic mass is 35.5. The Morgan fingerprint density at radius 3 is 2.48 bits per heavy atom. The predicted octanol–water partition coefficient (Wildman–Crippen LogP) is 4.97. The van der Waals surface area contributed by atoms with E-state index in [0.29, 0.717) is 29.4 Å². The number of nitrogens with one attached hydrogen (secondary N) is 1. The number of carbonyl (C=O) groups is 2. The van der Waals surface area contributed by atoms with Gasteiger partial charge in [-0.2, -0.15) is 0 Å². The van der Waals surface area contributed by atoms with Crippen molar-refractivity contribution in [2.75, 3.05) is 31.9 Å². The normalized spacial score (nSPS) is 19.8. The molecule has 0 saturated carbocycles. The molecule has 0 aliphatic carbocycles. The second-order valence-electron chi connectivity index (χ2n) is 9.07. The Morgan fingerprint density at radius 2 is 1.79 bits per heavy atom. The van der Waals surface area contributed by atoms with Gasteiger partial charge in [0.25, 0.3) is 5.91 Å². The standard InChI is InChI=1S/C26H32ClN3O2S/c1-19-11-15-29(16-12-19)14-2-13-28-25(32)21-5-7-22(8-6-21)26-30(24(31)18-33-26)17-20-3-9-23(27)10-4-20/h3-10,19,26H,2,11-18H2,1H3,(H,28,32)/t26-/m1/s1. The summed E-state index contributed by atoms with van der Waals surface area (Å²) in [5.74, 6) is 1.40. The number of benzene rings is 2. The Balaban J connectivity index is 1.28. The molecule has 1 N–H and O–H groups in total. The van der Waals surface area contributed by atoms with Crippen LogP contribution in [0.25, 0.3) is 0 Å². The van der Waals surface area contributed by atoms with Crippen LogP contribution < -0.4 is 5.32 Å². The molecule has 1 atom stereocenters. The first-order valence-electron chi connectivity index (χ1n) is 11.8. The van der Waals surface area contributed by atoms with Gasteiger partial charge in [-0.3, -0.25) is 9.59 Å². The molecule has 33 heavy (non-hydrogen) atoms. The van der Waals surface area contributed by atoms with Gasteiger partial charge in [0.15, 0.2) is 0 Å². The molecule has 2 aliphatic heterocycles. The third-order valence-corrected chi connectivity index (χ3v) is 8.01. The summed E-state index contributed by atoms with van der Waals surface area (Å²) in [6.45, 7) is 6.95. The first kappa shape index (κ1) is 24.1. The van der Waals surface area contributed by atoms with Gasteiger partial charge in [0.2, 0.25) is 5.91 Å². The van der Waals surface area contributed by atoms with E-state index in [1.165, 1.54) is 25.9 Å². The third kappa shape index (κ3) is 6.52. The zero-order valence-electron chi connectivity index (χ0n) is 19.1. The first-order valence-corrected chi connectivity index (χ1v) is 13.2. The third-order valence-electron chi connectivity index (χ3n) is 6.51. The minimum Gasteiger partial charge on any atom is -0.352 e. The van der Waals surface area contributed by atoms with Gasteiger partial charge >= 0.3 is 0 Å². The van der Waals surface area contributed by atoms with Crippen LogP contribution in [0.3, 0.4) is 0 Å². The summed E-state index contributed by atoms with van der Waals surface area (Å²) in [5, 5.41) is 3.69. The lowest BCUT2D eigenvalue weighted by atomic mass is 9.99. The molecule has 2 aromatic rings. The quantitative estimate of drug-likeness (QED) is 0.536. The van der Waals surface area contributed by atoms with Crippen LogP contribution >= 0.6 is 23.4 Å². The summed E-state index contributed by atoms with van der Waals surface area (Å²) < 4.78 is 0. The number of halogens is 1. The van der Waals surface area contributed by atoms with Crippen LogP contribution in [0.1, 0.15) is 53.0 Å². The van der Waals surface area contributed by atoms with Crippen molar-refractivity contribution in [3.8, 4) is 0 Å². The monoisotopic (exact) mass is 485 g/mol. The van der Waals surface area contributed by atoms with Gasteiger partial charge in [-0.15, -0.1) is 11.8 Å². The number of thioether (sulfide) groups is 1. The summed E-state index contributed by atoms with van der Waals surface area (Å²) in [6, 6.07) is 15.3. The van der Waals surface area contributed by atoms with E-state index in [0.717, 1.165) is 30.0 Å². The minimum absolute atomic E-state index is 0.0398. The molecule has 2 aliphatic rings. The lowest BCUT2D eigenvalue weighted by molar-refractivity contribution is -0.128. The van der Waals surface area contributed by atoms with E-state index in [2.05, 4.69) is 17.1 Å². The highest BCUT2D eigenvalue weighted by Crippen LogP contribution is 2.39. The molecule has 2 aromatic carbocycles. The smallest absolute Gasteiger partial charge is 0.251 e. The van der Waals surface area contributed by atoms with Crippen LogP contribution in [-0.2, 0) is 11.3 Å². The number of nitrogens with zero attached hydrogens (tertiary/aromatic N) is 2. The van der Waals surface area contributed by atoms with E-state index in [1.807, 2.05) is 53.4 Å². The number of amides is 2. The largest absolute Gasteiger partial charge is 0.352 e. The average molecular weight is 486 g/mol. The molecule has 2 amide bonds. The van der Waals surface area contributed by atoms with E-state index in [9.17, 15) is 9.59 Å². The fourth-order valence-electron chi connectivity index (χ4n) is 4.38. The summed E-state index contributed by atoms with van der Waals surface area (Å²) in [5.41, 5.74) is 2.75. The Labute approximate surface area is 205 Å². The zero-order chi connectivity index (χ0) is 23.2. The van der Waals surface area contributed by atoms with Crippen LogP contribution in [0.15, 0.2) is 48.5 Å². The second-order valence-corrected chi connectivity index (χ2v) is 10.6. The molecular formula is C26H32ClN3O2S. The number of piperidine rings is 1. The fourth-order valence-corrected chi connectivity index (χ4v) is 5.69. The molecule has 0 radical (unpaired) electrons. The Kier molecular flexibility index (Phi) is 8.34. The van der Waals surface area contributed by atoms with Gasteiger partial charge in [0.05, 0.1) is 5.75 Å².